The number of nitrogens with one attached hydrogen (secondary N) is 1. The van der Waals surface area contributed by atoms with E-state index in [9.17, 15) is 22.8 Å². The van der Waals surface area contributed by atoms with Gasteiger partial charge in [-0.3, -0.25) is 9.59 Å². The van der Waals surface area contributed by atoms with Gasteiger partial charge in [0.05, 0.1) is 17.1 Å². The molecular weight excluding hydrogens is 411 g/mol. The van der Waals surface area contributed by atoms with Crippen LogP contribution >= 0.6 is 0 Å². The van der Waals surface area contributed by atoms with Crippen LogP contribution in [0.2, 0.25) is 0 Å². The number of rotatable bonds is 5. The molecule has 0 spiro atoms. The number of hydrogen-bond donors (Lipinski definition) is 1. The van der Waals surface area contributed by atoms with E-state index >= 15 is 0 Å². The number of hydrogen-bond acceptors (Lipinski definition) is 4. The van der Waals surface area contributed by atoms with Gasteiger partial charge in [-0.2, -0.15) is 0 Å². The van der Waals surface area contributed by atoms with E-state index in [0.717, 1.165) is 18.2 Å². The molecule has 0 radical (unpaired) electrons. The fourth-order valence-electron chi connectivity index (χ4n) is 3.43. The molecule has 4 rings (SSSR count). The van der Waals surface area contributed by atoms with Gasteiger partial charge in [0, 0.05) is 17.6 Å². The van der Waals surface area contributed by atoms with Crippen molar-refractivity contribution in [3.8, 4) is 0 Å². The summed E-state index contributed by atoms with van der Waals surface area (Å²) in [6.07, 6.45) is 2.75. The van der Waals surface area contributed by atoms with Crippen LogP contribution in [0.3, 0.4) is 0 Å². The highest BCUT2D eigenvalue weighted by atomic mass is 19.2. The molecule has 31 heavy (non-hydrogen) atoms. The van der Waals surface area contributed by atoms with Crippen LogP contribution in [0, 0.1) is 24.4 Å². The first-order valence-corrected chi connectivity index (χ1v) is 9.29. The number of carbonyl (C=O) groups is 1. The largest absolute Gasteiger partial charge is 0.447 e. The Morgan fingerprint density at radius 2 is 1.94 bits per heavy atom. The molecule has 1 N–H and O–H groups in total. The minimum absolute atomic E-state index is 0.0863. The molecule has 158 valence electrons. The smallest absolute Gasteiger partial charge is 0.262 e. The molecule has 0 aliphatic rings. The molecule has 0 aliphatic carbocycles. The van der Waals surface area contributed by atoms with Crippen molar-refractivity contribution in [2.24, 2.45) is 0 Å². The number of nitrogens with zero attached hydrogens (tertiary/aromatic N) is 2. The second kappa shape index (κ2) is 8.10. The molecule has 6 nitrogen and oxygen atoms in total. The number of aromatic nitrogens is 2. The van der Waals surface area contributed by atoms with Gasteiger partial charge in [-0.1, -0.05) is 18.2 Å². The van der Waals surface area contributed by atoms with Crippen LogP contribution in [0.4, 0.5) is 13.2 Å². The first-order valence-electron chi connectivity index (χ1n) is 9.29. The van der Waals surface area contributed by atoms with Crippen molar-refractivity contribution in [3.05, 3.63) is 99.4 Å². The Morgan fingerprint density at radius 3 is 2.65 bits per heavy atom. The number of pyridine rings is 1. The van der Waals surface area contributed by atoms with E-state index in [4.69, 9.17) is 4.42 Å². The average molecular weight is 427 g/mol. The van der Waals surface area contributed by atoms with Crippen LogP contribution in [0.25, 0.3) is 10.8 Å². The summed E-state index contributed by atoms with van der Waals surface area (Å²) in [6.45, 7) is 1.37. The Bertz CT molecular complexity index is 1350. The van der Waals surface area contributed by atoms with Crippen LogP contribution < -0.4 is 10.9 Å². The van der Waals surface area contributed by atoms with Crippen LogP contribution in [0.1, 0.15) is 27.5 Å². The van der Waals surface area contributed by atoms with Crippen LogP contribution in [0.15, 0.2) is 58.1 Å². The molecule has 9 heteroatoms. The zero-order chi connectivity index (χ0) is 22.1. The quantitative estimate of drug-likeness (QED) is 0.527. The molecule has 0 unspecified atom stereocenters. The fraction of sp³-hybridized carbons (Fsp3) is 0.136. The summed E-state index contributed by atoms with van der Waals surface area (Å²) in [5.74, 6) is -3.17. The van der Waals surface area contributed by atoms with Gasteiger partial charge >= 0.3 is 0 Å². The molecule has 0 saturated heterocycles. The van der Waals surface area contributed by atoms with Crippen molar-refractivity contribution in [2.45, 2.75) is 20.0 Å². The Balaban J connectivity index is 1.78. The summed E-state index contributed by atoms with van der Waals surface area (Å²) in [7, 11) is 0. The summed E-state index contributed by atoms with van der Waals surface area (Å²) in [6, 6.07) is 7.30. The first-order chi connectivity index (χ1) is 14.9. The Hall–Kier alpha value is -3.88. The maximum Gasteiger partial charge on any atom is 0.262 e. The van der Waals surface area contributed by atoms with Crippen molar-refractivity contribution in [3.63, 3.8) is 0 Å². The number of halogens is 3. The number of fused-ring (bicyclic) bond motifs is 1. The highest BCUT2D eigenvalue weighted by Crippen LogP contribution is 2.22. The monoisotopic (exact) mass is 427 g/mol. The molecule has 4 aromatic rings. The van der Waals surface area contributed by atoms with E-state index in [-0.39, 0.29) is 41.0 Å². The van der Waals surface area contributed by atoms with Gasteiger partial charge < -0.3 is 14.3 Å². The lowest BCUT2D eigenvalue weighted by molar-refractivity contribution is 0.0951. The number of oxazole rings is 1. The Morgan fingerprint density at radius 1 is 1.13 bits per heavy atom. The van der Waals surface area contributed by atoms with Gasteiger partial charge in [-0.25, -0.2) is 18.2 Å². The molecule has 2 aromatic heterocycles. The number of amides is 1. The molecule has 0 aliphatic heterocycles. The van der Waals surface area contributed by atoms with Crippen molar-refractivity contribution in [1.82, 2.24) is 14.9 Å². The zero-order valence-corrected chi connectivity index (χ0v) is 16.3. The van der Waals surface area contributed by atoms with E-state index < -0.39 is 28.9 Å². The van der Waals surface area contributed by atoms with Crippen molar-refractivity contribution >= 4 is 16.7 Å². The minimum atomic E-state index is -1.03. The lowest BCUT2D eigenvalue weighted by atomic mass is 10.0. The highest BCUT2D eigenvalue weighted by Gasteiger charge is 2.22. The average Bonchev–Trinajstić information content (AvgIpc) is 3.25. The van der Waals surface area contributed by atoms with Crippen molar-refractivity contribution in [2.75, 3.05) is 0 Å². The highest BCUT2D eigenvalue weighted by molar-refractivity contribution is 6.07. The molecule has 1 amide bonds. The minimum Gasteiger partial charge on any atom is -0.447 e. The molecule has 2 aromatic carbocycles. The summed E-state index contributed by atoms with van der Waals surface area (Å²) in [5, 5.41) is 2.52. The summed E-state index contributed by atoms with van der Waals surface area (Å²) in [5.41, 5.74) is 0.0850. The predicted molar refractivity (Wildman–Crippen MR) is 106 cm³/mol. The lowest BCUT2D eigenvalue weighted by Crippen LogP contribution is -2.31. The topological polar surface area (TPSA) is 77.1 Å². The van der Waals surface area contributed by atoms with Gasteiger partial charge in [0.2, 0.25) is 5.89 Å². The third-order valence-corrected chi connectivity index (χ3v) is 4.95. The first kappa shape index (κ1) is 20.4. The molecular formula is C22H16F3N3O3. The predicted octanol–water partition coefficient (Wildman–Crippen LogP) is 3.69. The standard InChI is InChI=1S/C22H16F3N3O3/c1-12-19(21(29)27-10-13-5-6-15(23)17(25)9-13)14-3-2-4-16(24)20(14)22(30)28(12)11-18-26-7-8-31-18/h2-9H,10-11H2,1H3,(H,27,29). The summed E-state index contributed by atoms with van der Waals surface area (Å²) < 4.78 is 47.5. The van der Waals surface area contributed by atoms with E-state index in [2.05, 4.69) is 10.3 Å². The van der Waals surface area contributed by atoms with Crippen LogP contribution in [-0.4, -0.2) is 15.5 Å². The number of benzene rings is 2. The van der Waals surface area contributed by atoms with Crippen LogP contribution in [-0.2, 0) is 13.1 Å². The normalized spacial score (nSPS) is 11.1. The van der Waals surface area contributed by atoms with E-state index in [1.165, 1.54) is 35.2 Å². The molecule has 2 heterocycles. The third kappa shape index (κ3) is 3.81. The fourth-order valence-corrected chi connectivity index (χ4v) is 3.43. The van der Waals surface area contributed by atoms with Gasteiger partial charge in [0.25, 0.3) is 11.5 Å². The Labute approximate surface area is 174 Å². The summed E-state index contributed by atoms with van der Waals surface area (Å²) >= 11 is 0. The van der Waals surface area contributed by atoms with E-state index in [0.29, 0.717) is 5.56 Å². The van der Waals surface area contributed by atoms with E-state index in [1.807, 2.05) is 0 Å². The van der Waals surface area contributed by atoms with Gasteiger partial charge in [-0.15, -0.1) is 0 Å². The van der Waals surface area contributed by atoms with Crippen molar-refractivity contribution in [1.29, 1.82) is 0 Å². The molecule has 0 atom stereocenters. The maximum atomic E-state index is 14.6. The maximum absolute atomic E-state index is 14.6. The lowest BCUT2D eigenvalue weighted by Gasteiger charge is -2.16. The van der Waals surface area contributed by atoms with Gasteiger partial charge in [0.1, 0.15) is 18.6 Å². The van der Waals surface area contributed by atoms with E-state index in [1.54, 1.807) is 6.92 Å². The third-order valence-electron chi connectivity index (χ3n) is 4.95. The molecule has 0 bridgehead atoms. The molecule has 0 saturated carbocycles. The van der Waals surface area contributed by atoms with Gasteiger partial charge in [0.15, 0.2) is 11.6 Å². The zero-order valence-electron chi connectivity index (χ0n) is 16.3. The second-order valence-corrected chi connectivity index (χ2v) is 6.87. The second-order valence-electron chi connectivity index (χ2n) is 6.87. The SMILES string of the molecule is Cc1c(C(=O)NCc2ccc(F)c(F)c2)c2cccc(F)c2c(=O)n1Cc1ncco1. The van der Waals surface area contributed by atoms with Crippen LogP contribution in [0.5, 0.6) is 0 Å². The summed E-state index contributed by atoms with van der Waals surface area (Å²) in [4.78, 5) is 30.0. The van der Waals surface area contributed by atoms with Crippen molar-refractivity contribution < 1.29 is 22.4 Å². The molecule has 0 fully saturated rings. The van der Waals surface area contributed by atoms with Gasteiger partial charge in [-0.05, 0) is 30.7 Å². The Kier molecular flexibility index (Phi) is 5.33. The number of carbonyl (C=O) groups excluding carboxylic acids is 1.